The van der Waals surface area contributed by atoms with E-state index >= 15 is 0 Å². The standard InChI is InChI=1S/C16H21N3O/c1-11(18-16-8-4-6-14(16)10-17)13-5-3-7-15(9-13)19-12(2)20/h3,5,7,9,11,14,16,18H,4,6,8H2,1-2H3,(H,19,20). The molecule has 0 aliphatic heterocycles. The Balaban J connectivity index is 2.03. The molecule has 3 atom stereocenters. The molecular formula is C16H21N3O. The third kappa shape index (κ3) is 3.58. The van der Waals surface area contributed by atoms with Crippen molar-refractivity contribution in [3.05, 3.63) is 29.8 Å². The van der Waals surface area contributed by atoms with Crippen molar-refractivity contribution in [1.29, 1.82) is 5.26 Å². The highest BCUT2D eigenvalue weighted by molar-refractivity contribution is 5.88. The Kier molecular flexibility index (Phi) is 4.75. The fraction of sp³-hybridized carbons (Fsp3) is 0.500. The minimum Gasteiger partial charge on any atom is -0.326 e. The molecule has 1 saturated carbocycles. The second-order valence-electron chi connectivity index (χ2n) is 5.47. The molecule has 106 valence electrons. The molecule has 0 aromatic heterocycles. The van der Waals surface area contributed by atoms with Gasteiger partial charge in [0.15, 0.2) is 0 Å². The van der Waals surface area contributed by atoms with Crippen molar-refractivity contribution < 1.29 is 4.79 Å². The van der Waals surface area contributed by atoms with Crippen molar-refractivity contribution >= 4 is 11.6 Å². The van der Waals surface area contributed by atoms with Crippen LogP contribution in [-0.2, 0) is 4.79 Å². The van der Waals surface area contributed by atoms with Gasteiger partial charge < -0.3 is 10.6 Å². The van der Waals surface area contributed by atoms with E-state index in [9.17, 15) is 4.79 Å². The van der Waals surface area contributed by atoms with Gasteiger partial charge in [-0.05, 0) is 37.5 Å². The lowest BCUT2D eigenvalue weighted by Crippen LogP contribution is -2.33. The zero-order chi connectivity index (χ0) is 14.5. The largest absolute Gasteiger partial charge is 0.326 e. The first-order chi connectivity index (χ1) is 9.60. The molecule has 20 heavy (non-hydrogen) atoms. The lowest BCUT2D eigenvalue weighted by Gasteiger charge is -2.22. The normalized spacial score (nSPS) is 23.1. The van der Waals surface area contributed by atoms with Crippen molar-refractivity contribution in [2.24, 2.45) is 5.92 Å². The molecule has 1 aliphatic carbocycles. The Labute approximate surface area is 120 Å². The van der Waals surface area contributed by atoms with Gasteiger partial charge in [0.1, 0.15) is 0 Å². The van der Waals surface area contributed by atoms with Gasteiger partial charge in [-0.25, -0.2) is 0 Å². The summed E-state index contributed by atoms with van der Waals surface area (Å²) in [6.07, 6.45) is 3.18. The second kappa shape index (κ2) is 6.53. The predicted octanol–water partition coefficient (Wildman–Crippen LogP) is 2.99. The van der Waals surface area contributed by atoms with Gasteiger partial charge in [0.2, 0.25) is 5.91 Å². The van der Waals surface area contributed by atoms with Crippen LogP contribution in [0.15, 0.2) is 24.3 Å². The van der Waals surface area contributed by atoms with Gasteiger partial charge >= 0.3 is 0 Å². The number of carbonyl (C=O) groups is 1. The zero-order valence-corrected chi connectivity index (χ0v) is 12.0. The van der Waals surface area contributed by atoms with Crippen molar-refractivity contribution in [3.63, 3.8) is 0 Å². The summed E-state index contributed by atoms with van der Waals surface area (Å²) in [6, 6.07) is 10.7. The molecule has 1 fully saturated rings. The van der Waals surface area contributed by atoms with Gasteiger partial charge in [-0.1, -0.05) is 18.6 Å². The van der Waals surface area contributed by atoms with E-state index < -0.39 is 0 Å². The molecule has 0 radical (unpaired) electrons. The zero-order valence-electron chi connectivity index (χ0n) is 12.0. The van der Waals surface area contributed by atoms with E-state index in [1.807, 2.05) is 24.3 Å². The molecule has 4 heteroatoms. The maximum absolute atomic E-state index is 11.1. The number of nitrogens with zero attached hydrogens (tertiary/aromatic N) is 1. The molecule has 1 amide bonds. The van der Waals surface area contributed by atoms with Crippen LogP contribution in [0.3, 0.4) is 0 Å². The maximum Gasteiger partial charge on any atom is 0.221 e. The Hall–Kier alpha value is -1.86. The quantitative estimate of drug-likeness (QED) is 0.884. The van der Waals surface area contributed by atoms with Crippen LogP contribution in [0.4, 0.5) is 5.69 Å². The van der Waals surface area contributed by atoms with E-state index in [0.717, 1.165) is 30.5 Å². The van der Waals surface area contributed by atoms with E-state index in [0.29, 0.717) is 0 Å². The lowest BCUT2D eigenvalue weighted by atomic mass is 10.0. The summed E-state index contributed by atoms with van der Waals surface area (Å²) < 4.78 is 0. The Bertz CT molecular complexity index is 521. The van der Waals surface area contributed by atoms with E-state index in [-0.39, 0.29) is 23.9 Å². The second-order valence-corrected chi connectivity index (χ2v) is 5.47. The molecule has 2 N–H and O–H groups in total. The molecule has 1 aliphatic rings. The first-order valence-corrected chi connectivity index (χ1v) is 7.13. The molecular weight excluding hydrogens is 250 g/mol. The number of carbonyl (C=O) groups excluding carboxylic acids is 1. The first kappa shape index (κ1) is 14.5. The highest BCUT2D eigenvalue weighted by atomic mass is 16.1. The van der Waals surface area contributed by atoms with Crippen molar-refractivity contribution in [2.75, 3.05) is 5.32 Å². The fourth-order valence-electron chi connectivity index (χ4n) is 2.82. The SMILES string of the molecule is CC(=O)Nc1cccc(C(C)NC2CCCC2C#N)c1. The van der Waals surface area contributed by atoms with E-state index in [2.05, 4.69) is 23.6 Å². The predicted molar refractivity (Wildman–Crippen MR) is 79.0 cm³/mol. The molecule has 1 aromatic carbocycles. The van der Waals surface area contributed by atoms with Crippen LogP contribution in [0.2, 0.25) is 0 Å². The molecule has 0 saturated heterocycles. The summed E-state index contributed by atoms with van der Waals surface area (Å²) in [7, 11) is 0. The van der Waals surface area contributed by atoms with Gasteiger partial charge in [-0.15, -0.1) is 0 Å². The molecule has 0 bridgehead atoms. The van der Waals surface area contributed by atoms with Gasteiger partial charge in [0.25, 0.3) is 0 Å². The third-order valence-electron chi connectivity index (χ3n) is 3.85. The Morgan fingerprint density at radius 3 is 2.95 bits per heavy atom. The van der Waals surface area contributed by atoms with Crippen LogP contribution >= 0.6 is 0 Å². The number of hydrogen-bond donors (Lipinski definition) is 2. The topological polar surface area (TPSA) is 64.9 Å². The number of rotatable bonds is 4. The van der Waals surface area contributed by atoms with Crippen LogP contribution in [0.25, 0.3) is 0 Å². The third-order valence-corrected chi connectivity index (χ3v) is 3.85. The smallest absolute Gasteiger partial charge is 0.221 e. The van der Waals surface area contributed by atoms with Crippen LogP contribution in [-0.4, -0.2) is 11.9 Å². The van der Waals surface area contributed by atoms with E-state index in [4.69, 9.17) is 5.26 Å². The number of nitrogens with one attached hydrogen (secondary N) is 2. The summed E-state index contributed by atoms with van der Waals surface area (Å²) in [6.45, 7) is 3.60. The van der Waals surface area contributed by atoms with Gasteiger partial charge in [0, 0.05) is 24.7 Å². The van der Waals surface area contributed by atoms with Crippen molar-refractivity contribution in [1.82, 2.24) is 5.32 Å². The first-order valence-electron chi connectivity index (χ1n) is 7.13. The number of hydrogen-bond acceptors (Lipinski definition) is 3. The summed E-state index contributed by atoms with van der Waals surface area (Å²) in [4.78, 5) is 11.1. The number of anilines is 1. The minimum atomic E-state index is -0.0666. The fourth-order valence-corrected chi connectivity index (χ4v) is 2.82. The average molecular weight is 271 g/mol. The summed E-state index contributed by atoms with van der Waals surface area (Å²) in [5, 5.41) is 15.5. The van der Waals surface area contributed by atoms with Crippen LogP contribution in [0.1, 0.15) is 44.7 Å². The molecule has 3 unspecified atom stereocenters. The average Bonchev–Trinajstić information content (AvgIpc) is 2.85. The van der Waals surface area contributed by atoms with Crippen LogP contribution in [0.5, 0.6) is 0 Å². The summed E-state index contributed by atoms with van der Waals surface area (Å²) in [5.41, 5.74) is 1.94. The highest BCUT2D eigenvalue weighted by Crippen LogP contribution is 2.27. The van der Waals surface area contributed by atoms with Crippen molar-refractivity contribution in [3.8, 4) is 6.07 Å². The molecule has 0 heterocycles. The summed E-state index contributed by atoms with van der Waals surface area (Å²) >= 11 is 0. The maximum atomic E-state index is 11.1. The lowest BCUT2D eigenvalue weighted by molar-refractivity contribution is -0.114. The molecule has 1 aromatic rings. The van der Waals surface area contributed by atoms with Crippen LogP contribution < -0.4 is 10.6 Å². The molecule has 2 rings (SSSR count). The van der Waals surface area contributed by atoms with E-state index in [1.165, 1.54) is 6.92 Å². The van der Waals surface area contributed by atoms with Crippen molar-refractivity contribution in [2.45, 2.75) is 45.2 Å². The van der Waals surface area contributed by atoms with Gasteiger partial charge in [0.05, 0.1) is 12.0 Å². The Morgan fingerprint density at radius 1 is 1.45 bits per heavy atom. The van der Waals surface area contributed by atoms with Gasteiger partial charge in [-0.3, -0.25) is 4.79 Å². The number of nitriles is 1. The highest BCUT2D eigenvalue weighted by Gasteiger charge is 2.28. The minimum absolute atomic E-state index is 0.0666. The van der Waals surface area contributed by atoms with Gasteiger partial charge in [-0.2, -0.15) is 5.26 Å². The number of amides is 1. The molecule has 4 nitrogen and oxygen atoms in total. The van der Waals surface area contributed by atoms with Crippen LogP contribution in [0, 0.1) is 17.2 Å². The summed E-state index contributed by atoms with van der Waals surface area (Å²) in [5.74, 6) is 0.0547. The molecule has 0 spiro atoms. The number of benzene rings is 1. The van der Waals surface area contributed by atoms with E-state index in [1.54, 1.807) is 0 Å². The monoisotopic (exact) mass is 271 g/mol. The Morgan fingerprint density at radius 2 is 2.25 bits per heavy atom.